The van der Waals surface area contributed by atoms with Crippen molar-refractivity contribution >= 4 is 11.6 Å². The molecule has 0 aliphatic carbocycles. The Morgan fingerprint density at radius 1 is 1.46 bits per heavy atom. The summed E-state index contributed by atoms with van der Waals surface area (Å²) in [5, 5.41) is 0. The number of rotatable bonds is 2. The Morgan fingerprint density at radius 2 is 2.08 bits per heavy atom. The molecule has 0 saturated carbocycles. The maximum Gasteiger partial charge on any atom is 0.223 e. The van der Waals surface area contributed by atoms with Crippen LogP contribution in [-0.4, -0.2) is 12.5 Å². The molecule has 0 N–H and O–H groups in total. The molecular weight excluding hydrogens is 169 g/mol. The predicted molar refractivity (Wildman–Crippen MR) is 50.1 cm³/mol. The molecule has 1 aromatic carbocycles. The Labute approximate surface area is 77.0 Å². The smallest absolute Gasteiger partial charge is 0.223 e. The fraction of sp³-hybridized carbons (Fsp3) is 0.300. The third-order valence-electron chi connectivity index (χ3n) is 1.84. The molecule has 0 aromatic heterocycles. The van der Waals surface area contributed by atoms with Crippen LogP contribution < -0.4 is 4.90 Å². The van der Waals surface area contributed by atoms with Gasteiger partial charge in [0.1, 0.15) is 5.82 Å². The van der Waals surface area contributed by atoms with E-state index in [1.807, 2.05) is 6.92 Å². The molecule has 0 spiro atoms. The van der Waals surface area contributed by atoms with Crippen LogP contribution in [0.1, 0.15) is 13.8 Å². The number of para-hydroxylation sites is 1. The Hall–Kier alpha value is -1.38. The summed E-state index contributed by atoms with van der Waals surface area (Å²) in [7, 11) is 0. The van der Waals surface area contributed by atoms with E-state index in [0.29, 0.717) is 12.2 Å². The van der Waals surface area contributed by atoms with E-state index in [1.165, 1.54) is 17.9 Å². The SMILES string of the molecule is CCN(C(C)=O)c1ccccc1F. The van der Waals surface area contributed by atoms with Crippen molar-refractivity contribution in [2.24, 2.45) is 0 Å². The maximum absolute atomic E-state index is 13.2. The van der Waals surface area contributed by atoms with Crippen LogP contribution in [0.4, 0.5) is 10.1 Å². The number of nitrogens with zero attached hydrogens (tertiary/aromatic N) is 1. The molecule has 1 amide bonds. The summed E-state index contributed by atoms with van der Waals surface area (Å²) in [5.74, 6) is -0.507. The zero-order valence-corrected chi connectivity index (χ0v) is 7.75. The van der Waals surface area contributed by atoms with Crippen molar-refractivity contribution in [1.82, 2.24) is 0 Å². The normalized spacial score (nSPS) is 9.77. The number of hydrogen-bond donors (Lipinski definition) is 0. The number of carbonyl (C=O) groups excluding carboxylic acids is 1. The molecule has 1 rings (SSSR count). The first-order chi connectivity index (χ1) is 6.16. The van der Waals surface area contributed by atoms with Gasteiger partial charge in [0.05, 0.1) is 5.69 Å². The highest BCUT2D eigenvalue weighted by atomic mass is 19.1. The first kappa shape index (κ1) is 9.71. The third kappa shape index (κ3) is 2.05. The lowest BCUT2D eigenvalue weighted by molar-refractivity contribution is -0.116. The fourth-order valence-electron chi connectivity index (χ4n) is 1.23. The summed E-state index contributed by atoms with van der Waals surface area (Å²) in [6.07, 6.45) is 0. The molecule has 0 aliphatic heterocycles. The van der Waals surface area contributed by atoms with Gasteiger partial charge in [-0.3, -0.25) is 4.79 Å². The number of amides is 1. The summed E-state index contributed by atoms with van der Waals surface area (Å²) in [6.45, 7) is 3.72. The lowest BCUT2D eigenvalue weighted by atomic mass is 10.2. The van der Waals surface area contributed by atoms with E-state index in [9.17, 15) is 9.18 Å². The van der Waals surface area contributed by atoms with Crippen molar-refractivity contribution in [1.29, 1.82) is 0 Å². The van der Waals surface area contributed by atoms with Crippen LogP contribution >= 0.6 is 0 Å². The highest BCUT2D eigenvalue weighted by molar-refractivity contribution is 5.91. The second-order valence-corrected chi connectivity index (χ2v) is 2.71. The Balaban J connectivity index is 3.04. The van der Waals surface area contributed by atoms with E-state index in [1.54, 1.807) is 18.2 Å². The molecule has 0 atom stereocenters. The lowest BCUT2D eigenvalue weighted by Gasteiger charge is -2.19. The average Bonchev–Trinajstić information content (AvgIpc) is 2.09. The van der Waals surface area contributed by atoms with Crippen LogP contribution in [0.3, 0.4) is 0 Å². The van der Waals surface area contributed by atoms with Gasteiger partial charge in [-0.2, -0.15) is 0 Å². The summed E-state index contributed by atoms with van der Waals surface area (Å²) < 4.78 is 13.2. The Bertz CT molecular complexity index is 312. The van der Waals surface area contributed by atoms with Gasteiger partial charge in [0.25, 0.3) is 0 Å². The molecule has 2 nitrogen and oxygen atoms in total. The van der Waals surface area contributed by atoms with Crippen molar-refractivity contribution in [3.63, 3.8) is 0 Å². The van der Waals surface area contributed by atoms with E-state index in [4.69, 9.17) is 0 Å². The molecule has 1 aromatic rings. The van der Waals surface area contributed by atoms with Gasteiger partial charge >= 0.3 is 0 Å². The molecule has 13 heavy (non-hydrogen) atoms. The summed E-state index contributed by atoms with van der Waals surface area (Å²) in [5.41, 5.74) is 0.345. The molecule has 0 unspecified atom stereocenters. The van der Waals surface area contributed by atoms with Gasteiger partial charge in [0.2, 0.25) is 5.91 Å². The molecule has 3 heteroatoms. The minimum atomic E-state index is -0.362. The number of halogens is 1. The molecule has 0 saturated heterocycles. The van der Waals surface area contributed by atoms with Crippen LogP contribution in [0.25, 0.3) is 0 Å². The van der Waals surface area contributed by atoms with Gasteiger partial charge in [-0.1, -0.05) is 12.1 Å². The maximum atomic E-state index is 13.2. The van der Waals surface area contributed by atoms with E-state index in [2.05, 4.69) is 0 Å². The molecule has 0 heterocycles. The minimum absolute atomic E-state index is 0.146. The molecule has 70 valence electrons. The quantitative estimate of drug-likeness (QED) is 0.685. The molecule has 0 aliphatic rings. The van der Waals surface area contributed by atoms with Crippen molar-refractivity contribution in [2.45, 2.75) is 13.8 Å². The first-order valence-electron chi connectivity index (χ1n) is 4.19. The van der Waals surface area contributed by atoms with Crippen molar-refractivity contribution in [2.75, 3.05) is 11.4 Å². The fourth-order valence-corrected chi connectivity index (χ4v) is 1.23. The number of hydrogen-bond acceptors (Lipinski definition) is 1. The van der Waals surface area contributed by atoms with Crippen LogP contribution in [-0.2, 0) is 4.79 Å². The third-order valence-corrected chi connectivity index (χ3v) is 1.84. The molecular formula is C10H12FNO. The molecule has 0 bridgehead atoms. The van der Waals surface area contributed by atoms with Crippen LogP contribution in [0.15, 0.2) is 24.3 Å². The summed E-state index contributed by atoms with van der Waals surface area (Å²) >= 11 is 0. The van der Waals surface area contributed by atoms with Crippen LogP contribution in [0, 0.1) is 5.82 Å². The Morgan fingerprint density at radius 3 is 2.54 bits per heavy atom. The second-order valence-electron chi connectivity index (χ2n) is 2.71. The molecule has 0 radical (unpaired) electrons. The lowest BCUT2D eigenvalue weighted by Crippen LogP contribution is -2.28. The Kier molecular flexibility index (Phi) is 3.01. The van der Waals surface area contributed by atoms with Crippen molar-refractivity contribution in [3.8, 4) is 0 Å². The van der Waals surface area contributed by atoms with E-state index < -0.39 is 0 Å². The minimum Gasteiger partial charge on any atom is -0.310 e. The first-order valence-corrected chi connectivity index (χ1v) is 4.19. The highest BCUT2D eigenvalue weighted by Crippen LogP contribution is 2.18. The predicted octanol–water partition coefficient (Wildman–Crippen LogP) is 2.20. The standard InChI is InChI=1S/C10H12FNO/c1-3-12(8(2)13)10-7-5-4-6-9(10)11/h4-7H,3H2,1-2H3. The number of carbonyl (C=O) groups is 1. The highest BCUT2D eigenvalue weighted by Gasteiger charge is 2.12. The number of anilines is 1. The zero-order chi connectivity index (χ0) is 9.84. The number of benzene rings is 1. The van der Waals surface area contributed by atoms with Gasteiger partial charge in [-0.25, -0.2) is 4.39 Å². The van der Waals surface area contributed by atoms with Gasteiger partial charge in [-0.05, 0) is 19.1 Å². The zero-order valence-electron chi connectivity index (χ0n) is 7.75. The second kappa shape index (κ2) is 4.03. The average molecular weight is 181 g/mol. The van der Waals surface area contributed by atoms with Gasteiger partial charge in [0.15, 0.2) is 0 Å². The largest absolute Gasteiger partial charge is 0.310 e. The molecule has 0 fully saturated rings. The monoisotopic (exact) mass is 181 g/mol. The van der Waals surface area contributed by atoms with Gasteiger partial charge in [-0.15, -0.1) is 0 Å². The van der Waals surface area contributed by atoms with Crippen molar-refractivity contribution in [3.05, 3.63) is 30.1 Å². The van der Waals surface area contributed by atoms with E-state index in [-0.39, 0.29) is 11.7 Å². The van der Waals surface area contributed by atoms with Gasteiger partial charge < -0.3 is 4.90 Å². The summed E-state index contributed by atoms with van der Waals surface area (Å²) in [6, 6.07) is 6.26. The topological polar surface area (TPSA) is 20.3 Å². The van der Waals surface area contributed by atoms with E-state index in [0.717, 1.165) is 0 Å². The summed E-state index contributed by atoms with van der Waals surface area (Å²) in [4.78, 5) is 12.5. The van der Waals surface area contributed by atoms with Crippen LogP contribution in [0.5, 0.6) is 0 Å². The van der Waals surface area contributed by atoms with Gasteiger partial charge in [0, 0.05) is 13.5 Å². The van der Waals surface area contributed by atoms with Crippen LogP contribution in [0.2, 0.25) is 0 Å². The van der Waals surface area contributed by atoms with E-state index >= 15 is 0 Å². The van der Waals surface area contributed by atoms with Crippen molar-refractivity contribution < 1.29 is 9.18 Å².